The van der Waals surface area contributed by atoms with Crippen molar-refractivity contribution in [2.75, 3.05) is 17.7 Å². The number of benzene rings is 1. The smallest absolute Gasteiger partial charge is 0.325 e. The molecule has 1 aromatic carbocycles. The number of nitrogens with zero attached hydrogens (tertiary/aromatic N) is 5. The highest BCUT2D eigenvalue weighted by atomic mass is 16.2. The lowest BCUT2D eigenvalue weighted by atomic mass is 9.81. The van der Waals surface area contributed by atoms with Crippen molar-refractivity contribution in [2.24, 2.45) is 13.0 Å². The van der Waals surface area contributed by atoms with Crippen molar-refractivity contribution in [1.29, 1.82) is 0 Å². The number of amides is 4. The van der Waals surface area contributed by atoms with E-state index < -0.39 is 23.9 Å². The second-order valence-electron chi connectivity index (χ2n) is 9.50. The Kier molecular flexibility index (Phi) is 7.28. The number of carbonyl (C=O) groups is 3. The Morgan fingerprint density at radius 3 is 2.62 bits per heavy atom. The van der Waals surface area contributed by atoms with Gasteiger partial charge in [-0.25, -0.2) is 9.78 Å². The molecule has 194 valence electrons. The van der Waals surface area contributed by atoms with Crippen molar-refractivity contribution >= 4 is 29.5 Å². The van der Waals surface area contributed by atoms with Gasteiger partial charge < -0.3 is 11.1 Å². The molecule has 4 amide bonds. The summed E-state index contributed by atoms with van der Waals surface area (Å²) in [5.74, 6) is -0.753. The number of aryl methyl sites for hydroxylation is 2. The average Bonchev–Trinajstić information content (AvgIpc) is 3.31. The van der Waals surface area contributed by atoms with Crippen LogP contribution in [0.3, 0.4) is 0 Å². The number of urea groups is 1. The normalized spacial score (nSPS) is 17.8. The molecule has 10 heteroatoms. The highest BCUT2D eigenvalue weighted by Crippen LogP contribution is 2.33. The summed E-state index contributed by atoms with van der Waals surface area (Å²) in [6.45, 7) is 6.00. The van der Waals surface area contributed by atoms with Crippen LogP contribution in [0.15, 0.2) is 48.8 Å². The summed E-state index contributed by atoms with van der Waals surface area (Å²) < 4.78 is 1.59. The molecular formula is C27H33N7O3. The third-order valence-corrected chi connectivity index (χ3v) is 7.09. The molecule has 1 fully saturated rings. The number of pyridine rings is 1. The largest absolute Gasteiger partial charge is 0.384 e. The minimum absolute atomic E-state index is 0.260. The van der Waals surface area contributed by atoms with Gasteiger partial charge in [-0.05, 0) is 61.1 Å². The number of likely N-dealkylation sites (N-methyl/N-ethyl adjacent to an activating group) is 1. The van der Waals surface area contributed by atoms with Gasteiger partial charge in [-0.1, -0.05) is 25.1 Å². The van der Waals surface area contributed by atoms with Crippen LogP contribution in [0.4, 0.5) is 16.4 Å². The average molecular weight is 504 g/mol. The number of hydrogen-bond acceptors (Lipinski definition) is 6. The van der Waals surface area contributed by atoms with Crippen LogP contribution in [-0.4, -0.2) is 50.6 Å². The van der Waals surface area contributed by atoms with Crippen molar-refractivity contribution in [2.45, 2.75) is 45.7 Å². The topological polar surface area (TPSA) is 126 Å². The lowest BCUT2D eigenvalue weighted by Gasteiger charge is -2.45. The number of nitrogens with one attached hydrogen (secondary N) is 1. The van der Waals surface area contributed by atoms with E-state index in [1.54, 1.807) is 49.4 Å². The van der Waals surface area contributed by atoms with Gasteiger partial charge in [-0.2, -0.15) is 5.10 Å². The van der Waals surface area contributed by atoms with Gasteiger partial charge in [0.2, 0.25) is 5.91 Å². The highest BCUT2D eigenvalue weighted by Gasteiger charge is 2.55. The van der Waals surface area contributed by atoms with Crippen LogP contribution in [-0.2, 0) is 23.1 Å². The number of rotatable bonds is 7. The maximum Gasteiger partial charge on any atom is 0.325 e. The number of nitrogen functional groups attached to an aromatic ring is 1. The quantitative estimate of drug-likeness (QED) is 0.478. The molecule has 0 radical (unpaired) electrons. The summed E-state index contributed by atoms with van der Waals surface area (Å²) in [5.41, 5.74) is 9.77. The van der Waals surface area contributed by atoms with Crippen molar-refractivity contribution in [1.82, 2.24) is 25.0 Å². The number of nitrogens with two attached hydrogens (primary N) is 1. The fourth-order valence-corrected chi connectivity index (χ4v) is 4.79. The molecule has 3 atom stereocenters. The van der Waals surface area contributed by atoms with Crippen LogP contribution in [0.1, 0.15) is 41.6 Å². The van der Waals surface area contributed by atoms with Crippen LogP contribution in [0.25, 0.3) is 0 Å². The first-order valence-corrected chi connectivity index (χ1v) is 12.3. The van der Waals surface area contributed by atoms with Crippen LogP contribution in [0, 0.1) is 19.8 Å². The van der Waals surface area contributed by atoms with Gasteiger partial charge in [-0.15, -0.1) is 0 Å². The van der Waals surface area contributed by atoms with Crippen LogP contribution < -0.4 is 16.0 Å². The van der Waals surface area contributed by atoms with Gasteiger partial charge in [0.15, 0.2) is 5.82 Å². The molecule has 10 nitrogen and oxygen atoms in total. The van der Waals surface area contributed by atoms with E-state index in [1.807, 2.05) is 39.0 Å². The number of β-lactam (4-membered cyclic amide) rings is 1. The maximum atomic E-state index is 13.7. The Hall–Kier alpha value is -4.21. The van der Waals surface area contributed by atoms with Crippen LogP contribution >= 0.6 is 0 Å². The molecule has 37 heavy (non-hydrogen) atoms. The van der Waals surface area contributed by atoms with Gasteiger partial charge >= 0.3 is 6.03 Å². The number of imide groups is 1. The molecule has 1 saturated heterocycles. The summed E-state index contributed by atoms with van der Waals surface area (Å²) in [7, 11) is 3.35. The molecule has 0 saturated carbocycles. The molecular weight excluding hydrogens is 470 g/mol. The first-order chi connectivity index (χ1) is 17.6. The molecule has 1 aliphatic rings. The SMILES string of the molecule is CCC(NC(=O)N1C(=O)[C@H](Cc2ccnc(N)c2)[C@H]1C(=O)N(C)c1ccn(C)n1)c1cccc(C)c1C. The Morgan fingerprint density at radius 1 is 1.22 bits per heavy atom. The molecule has 3 heterocycles. The Balaban J connectivity index is 1.61. The Morgan fingerprint density at radius 2 is 1.97 bits per heavy atom. The third-order valence-electron chi connectivity index (χ3n) is 7.09. The molecule has 0 spiro atoms. The number of hydrogen-bond donors (Lipinski definition) is 2. The second-order valence-corrected chi connectivity index (χ2v) is 9.50. The summed E-state index contributed by atoms with van der Waals surface area (Å²) in [5, 5.41) is 7.28. The molecule has 0 bridgehead atoms. The van der Waals surface area contributed by atoms with Crippen molar-refractivity contribution in [3.8, 4) is 0 Å². The molecule has 0 aliphatic carbocycles. The van der Waals surface area contributed by atoms with E-state index in [0.29, 0.717) is 18.1 Å². The van der Waals surface area contributed by atoms with Crippen LogP contribution in [0.5, 0.6) is 0 Å². The molecule has 2 aromatic heterocycles. The fourth-order valence-electron chi connectivity index (χ4n) is 4.79. The maximum absolute atomic E-state index is 13.7. The second kappa shape index (κ2) is 10.4. The number of anilines is 2. The molecule has 1 unspecified atom stereocenters. The van der Waals surface area contributed by atoms with Crippen molar-refractivity contribution in [3.63, 3.8) is 0 Å². The molecule has 3 aromatic rings. The molecule has 1 aliphatic heterocycles. The monoisotopic (exact) mass is 503 g/mol. The van der Waals surface area contributed by atoms with Gasteiger partial charge in [0.05, 0.1) is 12.0 Å². The number of aromatic nitrogens is 3. The van der Waals surface area contributed by atoms with Gasteiger partial charge in [-0.3, -0.25) is 24.1 Å². The van der Waals surface area contributed by atoms with E-state index in [4.69, 9.17) is 5.73 Å². The van der Waals surface area contributed by atoms with Gasteiger partial charge in [0, 0.05) is 32.6 Å². The van der Waals surface area contributed by atoms with E-state index in [9.17, 15) is 14.4 Å². The Bertz CT molecular complexity index is 1340. The van der Waals surface area contributed by atoms with E-state index in [-0.39, 0.29) is 18.4 Å². The number of carbonyl (C=O) groups excluding carboxylic acids is 3. The minimum atomic E-state index is -0.981. The minimum Gasteiger partial charge on any atom is -0.384 e. The zero-order valence-corrected chi connectivity index (χ0v) is 21.8. The lowest BCUT2D eigenvalue weighted by molar-refractivity contribution is -0.156. The fraction of sp³-hybridized carbons (Fsp3) is 0.370. The third kappa shape index (κ3) is 5.04. The summed E-state index contributed by atoms with van der Waals surface area (Å²) in [4.78, 5) is 46.9. The van der Waals surface area contributed by atoms with E-state index >= 15 is 0 Å². The zero-order valence-electron chi connectivity index (χ0n) is 21.8. The highest BCUT2D eigenvalue weighted by molar-refractivity contribution is 6.12. The zero-order chi connectivity index (χ0) is 26.9. The molecule has 4 rings (SSSR count). The summed E-state index contributed by atoms with van der Waals surface area (Å²) in [6.07, 6.45) is 4.17. The summed E-state index contributed by atoms with van der Waals surface area (Å²) in [6, 6.07) is 9.20. The lowest BCUT2D eigenvalue weighted by Crippen LogP contribution is -2.70. The van der Waals surface area contributed by atoms with E-state index in [2.05, 4.69) is 15.4 Å². The first kappa shape index (κ1) is 25.9. The predicted octanol–water partition coefficient (Wildman–Crippen LogP) is 2.91. The first-order valence-electron chi connectivity index (χ1n) is 12.3. The van der Waals surface area contributed by atoms with Crippen LogP contribution in [0.2, 0.25) is 0 Å². The molecule has 3 N–H and O–H groups in total. The van der Waals surface area contributed by atoms with Gasteiger partial charge in [0.25, 0.3) is 5.91 Å². The summed E-state index contributed by atoms with van der Waals surface area (Å²) >= 11 is 0. The predicted molar refractivity (Wildman–Crippen MR) is 141 cm³/mol. The Labute approximate surface area is 216 Å². The standard InChI is InChI=1S/C27H33N7O3/c1-6-21(19-9-7-8-16(2)17(19)3)30-27(37)34-24(26(36)33(5)23-11-13-32(4)31-23)20(25(34)35)14-18-10-12-29-22(28)15-18/h7-13,15,20-21,24H,6,14H2,1-5H3,(H2,28,29)(H,30,37)/t20-,21?,24+/m1/s1. The van der Waals surface area contributed by atoms with Gasteiger partial charge in [0.1, 0.15) is 11.9 Å². The number of likely N-dealkylation sites (tertiary alicyclic amines) is 1. The van der Waals surface area contributed by atoms with Crippen molar-refractivity contribution < 1.29 is 14.4 Å². The van der Waals surface area contributed by atoms with E-state index in [1.165, 1.54) is 4.90 Å². The van der Waals surface area contributed by atoms with Crippen molar-refractivity contribution in [3.05, 3.63) is 71.0 Å². The van der Waals surface area contributed by atoms with E-state index in [0.717, 1.165) is 27.2 Å².